The number of hydrogen-bond donors (Lipinski definition) is 0. The predicted octanol–water partition coefficient (Wildman–Crippen LogP) is 4.51. The molecule has 0 bridgehead atoms. The van der Waals surface area contributed by atoms with Gasteiger partial charge in [-0.2, -0.15) is 0 Å². The molecule has 2 atom stereocenters. The van der Waals surface area contributed by atoms with E-state index < -0.39 is 0 Å². The molecule has 1 aliphatic carbocycles. The molecule has 6 heteroatoms. The van der Waals surface area contributed by atoms with Crippen molar-refractivity contribution in [2.24, 2.45) is 4.99 Å². The van der Waals surface area contributed by atoms with E-state index in [9.17, 15) is 10.2 Å². The van der Waals surface area contributed by atoms with Crippen molar-refractivity contribution in [3.05, 3.63) is 57.6 Å². The SMILES string of the molecule is CN(Cc1cc(C(C)(C)C)cc(C(C)(C)C)c1[O-])[C@@H]1CCCC[C@H]1N=Cc1cc(C(C)(C)C)cc(C(C)(C)C)c1[O-].[Al+3].[Cl-]. The van der Waals surface area contributed by atoms with Crippen LogP contribution in [0, 0.1) is 0 Å². The van der Waals surface area contributed by atoms with Gasteiger partial charge in [0.05, 0.1) is 6.04 Å². The van der Waals surface area contributed by atoms with Crippen molar-refractivity contribution in [3.63, 3.8) is 0 Å². The number of benzene rings is 2. The summed E-state index contributed by atoms with van der Waals surface area (Å²) in [5.74, 6) is 0.248. The summed E-state index contributed by atoms with van der Waals surface area (Å²) in [7, 11) is 2.13. The zero-order valence-electron chi connectivity index (χ0n) is 29.2. The summed E-state index contributed by atoms with van der Waals surface area (Å²) in [6.07, 6.45) is 6.16. The smallest absolute Gasteiger partial charge is 1.00 e. The number of nitrogens with zero attached hydrogens (tertiary/aromatic N) is 2. The molecule has 0 unspecified atom stereocenters. The molecule has 1 fully saturated rings. The van der Waals surface area contributed by atoms with Crippen LogP contribution in [0.4, 0.5) is 0 Å². The molecule has 4 nitrogen and oxygen atoms in total. The van der Waals surface area contributed by atoms with Gasteiger partial charge in [-0.05, 0) is 74.9 Å². The largest absolute Gasteiger partial charge is 3.00 e. The second-order valence-corrected chi connectivity index (χ2v) is 16.6. The van der Waals surface area contributed by atoms with Crippen LogP contribution in [0.15, 0.2) is 29.3 Å². The monoisotopic (exact) mass is 622 g/mol. The predicted molar refractivity (Wildman–Crippen MR) is 177 cm³/mol. The van der Waals surface area contributed by atoms with Gasteiger partial charge in [0, 0.05) is 18.8 Å². The van der Waals surface area contributed by atoms with Crippen molar-refractivity contribution in [2.75, 3.05) is 7.05 Å². The normalized spacial score (nSPS) is 18.5. The number of halogens is 1. The Bertz CT molecular complexity index is 1260. The average molecular weight is 623 g/mol. The van der Waals surface area contributed by atoms with E-state index in [-0.39, 0.29) is 75.0 Å². The Morgan fingerprint density at radius 1 is 0.721 bits per heavy atom. The molecule has 43 heavy (non-hydrogen) atoms. The van der Waals surface area contributed by atoms with Crippen LogP contribution in [0.5, 0.6) is 11.5 Å². The third-order valence-electron chi connectivity index (χ3n) is 8.72. The molecular formula is C37H56AlClN2O2. The second kappa shape index (κ2) is 14.3. The minimum atomic E-state index is -0.238. The summed E-state index contributed by atoms with van der Waals surface area (Å²) >= 11 is 0. The van der Waals surface area contributed by atoms with Gasteiger partial charge in [0.25, 0.3) is 0 Å². The Kier molecular flexibility index (Phi) is 13.1. The Labute approximate surface area is 280 Å². The van der Waals surface area contributed by atoms with Crippen LogP contribution < -0.4 is 22.6 Å². The molecule has 2 aromatic rings. The molecule has 0 amide bonds. The van der Waals surface area contributed by atoms with E-state index in [2.05, 4.69) is 113 Å². The molecule has 0 heterocycles. The topological polar surface area (TPSA) is 61.7 Å². The van der Waals surface area contributed by atoms with E-state index >= 15 is 0 Å². The van der Waals surface area contributed by atoms with Crippen LogP contribution in [0.25, 0.3) is 0 Å². The van der Waals surface area contributed by atoms with Crippen LogP contribution in [-0.2, 0) is 28.2 Å². The molecule has 3 rings (SSSR count). The van der Waals surface area contributed by atoms with Gasteiger partial charge in [-0.15, -0.1) is 5.75 Å². The maximum atomic E-state index is 13.7. The molecule has 0 aliphatic heterocycles. The fourth-order valence-corrected chi connectivity index (χ4v) is 5.88. The molecule has 1 saturated carbocycles. The van der Waals surface area contributed by atoms with Crippen LogP contribution >= 0.6 is 0 Å². The van der Waals surface area contributed by atoms with Crippen LogP contribution in [0.1, 0.15) is 142 Å². The zero-order chi connectivity index (χ0) is 31.1. The summed E-state index contributed by atoms with van der Waals surface area (Å²) in [6, 6.07) is 8.70. The summed E-state index contributed by atoms with van der Waals surface area (Å²) in [5.41, 5.74) is 5.11. The van der Waals surface area contributed by atoms with Crippen molar-refractivity contribution in [1.82, 2.24) is 4.90 Å². The van der Waals surface area contributed by atoms with Gasteiger partial charge in [0.2, 0.25) is 0 Å². The fourth-order valence-electron chi connectivity index (χ4n) is 5.88. The van der Waals surface area contributed by atoms with Crippen molar-refractivity contribution in [3.8, 4) is 11.5 Å². The Hall–Kier alpha value is -1.51. The van der Waals surface area contributed by atoms with Gasteiger partial charge in [0.15, 0.2) is 0 Å². The van der Waals surface area contributed by atoms with E-state index in [1.54, 1.807) is 0 Å². The molecule has 2 aromatic carbocycles. The Balaban J connectivity index is 0.00000462. The quantitative estimate of drug-likeness (QED) is 0.364. The van der Waals surface area contributed by atoms with E-state index in [0.717, 1.165) is 47.9 Å². The van der Waals surface area contributed by atoms with Crippen molar-refractivity contribution in [2.45, 2.75) is 149 Å². The standard InChI is InChI=1S/C37H58N2O2.Al.ClH/c1-34(2,3)26-18-24(32(40)28(20-26)36(7,8)9)22-38-30-16-14-15-17-31(30)39(13)23-25-19-27(35(4,5)6)21-29(33(25)41)37(10,11)12;;/h18-22,30-31,40-41H,14-17,23H2,1-13H3;;1H/q;+3;/p-3/t30-,31-;;/m1../s1. The maximum absolute atomic E-state index is 13.7. The number of hydrogen-bond acceptors (Lipinski definition) is 4. The Morgan fingerprint density at radius 2 is 1.19 bits per heavy atom. The number of aliphatic imine (C=N–C) groups is 1. The van der Waals surface area contributed by atoms with Gasteiger partial charge in [0.1, 0.15) is 0 Å². The molecule has 0 radical (unpaired) electrons. The van der Waals surface area contributed by atoms with Crippen LogP contribution in [-0.4, -0.2) is 47.6 Å². The second-order valence-electron chi connectivity index (χ2n) is 16.6. The van der Waals surface area contributed by atoms with Crippen molar-refractivity contribution >= 4 is 23.6 Å². The minimum Gasteiger partial charge on any atom is -1.00 e. The molecule has 0 aromatic heterocycles. The van der Waals surface area contributed by atoms with Crippen molar-refractivity contribution in [1.29, 1.82) is 0 Å². The minimum absolute atomic E-state index is 0. The molecular weight excluding hydrogens is 567 g/mol. The molecule has 1 aliphatic rings. The van der Waals surface area contributed by atoms with Gasteiger partial charge in [-0.1, -0.05) is 126 Å². The van der Waals surface area contributed by atoms with Gasteiger partial charge in [-0.3, -0.25) is 9.89 Å². The summed E-state index contributed by atoms with van der Waals surface area (Å²) < 4.78 is 0. The summed E-state index contributed by atoms with van der Waals surface area (Å²) in [6.45, 7) is 26.5. The van der Waals surface area contributed by atoms with Crippen molar-refractivity contribution < 1.29 is 22.6 Å². The van der Waals surface area contributed by atoms with Gasteiger partial charge in [-0.25, -0.2) is 0 Å². The summed E-state index contributed by atoms with van der Waals surface area (Å²) in [5, 5.41) is 27.2. The first-order chi connectivity index (χ1) is 18.6. The van der Waals surface area contributed by atoms with E-state index in [0.29, 0.717) is 12.1 Å². The van der Waals surface area contributed by atoms with E-state index in [4.69, 9.17) is 4.99 Å². The van der Waals surface area contributed by atoms with Gasteiger partial charge < -0.3 is 22.6 Å². The van der Waals surface area contributed by atoms with E-state index in [1.165, 1.54) is 5.56 Å². The molecule has 0 saturated heterocycles. The number of rotatable bonds is 5. The van der Waals surface area contributed by atoms with E-state index in [1.807, 2.05) is 12.3 Å². The zero-order valence-corrected chi connectivity index (χ0v) is 31.2. The first-order valence-electron chi connectivity index (χ1n) is 15.5. The third-order valence-corrected chi connectivity index (χ3v) is 8.72. The van der Waals surface area contributed by atoms with Gasteiger partial charge >= 0.3 is 17.4 Å². The van der Waals surface area contributed by atoms with Crippen LogP contribution in [0.3, 0.4) is 0 Å². The maximum Gasteiger partial charge on any atom is 3.00 e. The van der Waals surface area contributed by atoms with Crippen LogP contribution in [0.2, 0.25) is 0 Å². The summed E-state index contributed by atoms with van der Waals surface area (Å²) in [4.78, 5) is 7.43. The first-order valence-corrected chi connectivity index (χ1v) is 15.5. The number of likely N-dealkylation sites (N-methyl/N-ethyl adjacent to an activating group) is 1. The molecule has 0 spiro atoms. The first kappa shape index (κ1) is 39.5. The fraction of sp³-hybridized carbons (Fsp3) is 0.649. The Morgan fingerprint density at radius 3 is 1.67 bits per heavy atom. The molecule has 0 N–H and O–H groups in total. The molecule has 236 valence electrons. The third kappa shape index (κ3) is 9.74. The average Bonchev–Trinajstić information content (AvgIpc) is 2.81.